The van der Waals surface area contributed by atoms with E-state index < -0.39 is 0 Å². The molecule has 4 rings (SSSR count). The van der Waals surface area contributed by atoms with Crippen LogP contribution < -0.4 is 9.80 Å². The first-order chi connectivity index (χ1) is 12.3. The minimum Gasteiger partial charge on any atom is -0.369 e. The lowest BCUT2D eigenvalue weighted by molar-refractivity contribution is -0.0630. The van der Waals surface area contributed by atoms with Gasteiger partial charge in [0.1, 0.15) is 11.4 Å². The van der Waals surface area contributed by atoms with Crippen molar-refractivity contribution in [2.75, 3.05) is 42.6 Å². The number of ether oxygens (including phenoxy) is 1. The van der Waals surface area contributed by atoms with Crippen molar-refractivity contribution in [2.45, 2.75) is 18.4 Å². The standard InChI is InChI=1S/C19H21N5O/c20-12-16-3-1-4-17(11-16)23-8-2-5-19(14-23)15-24(9-10-25-19)18-13-21-6-7-22-18/h1,3-4,6-7,11,13H,2,5,8-10,14-15H2. The summed E-state index contributed by atoms with van der Waals surface area (Å²) in [7, 11) is 0. The molecule has 0 amide bonds. The van der Waals surface area contributed by atoms with Crippen molar-refractivity contribution < 1.29 is 4.74 Å². The molecule has 6 nitrogen and oxygen atoms in total. The summed E-state index contributed by atoms with van der Waals surface area (Å²) in [5.74, 6) is 0.911. The van der Waals surface area contributed by atoms with Crippen LogP contribution in [-0.4, -0.2) is 48.4 Å². The number of piperidine rings is 1. The lowest BCUT2D eigenvalue weighted by Gasteiger charge is -2.48. The molecule has 0 aliphatic carbocycles. The van der Waals surface area contributed by atoms with Gasteiger partial charge in [-0.15, -0.1) is 0 Å². The van der Waals surface area contributed by atoms with Crippen LogP contribution in [0.2, 0.25) is 0 Å². The van der Waals surface area contributed by atoms with E-state index in [0.717, 1.165) is 50.5 Å². The Bertz CT molecular complexity index is 771. The molecule has 1 atom stereocenters. The lowest BCUT2D eigenvalue weighted by Crippen LogP contribution is -2.60. The van der Waals surface area contributed by atoms with Gasteiger partial charge >= 0.3 is 0 Å². The SMILES string of the molecule is N#Cc1cccc(N2CCCC3(C2)CN(c2cnccn2)CCO3)c1. The molecule has 1 aromatic carbocycles. The molecule has 3 heterocycles. The van der Waals surface area contributed by atoms with Gasteiger partial charge in [-0.25, -0.2) is 4.98 Å². The summed E-state index contributed by atoms with van der Waals surface area (Å²) in [5.41, 5.74) is 1.60. The molecular formula is C19H21N5O. The molecule has 1 aromatic heterocycles. The van der Waals surface area contributed by atoms with E-state index >= 15 is 0 Å². The molecule has 128 valence electrons. The largest absolute Gasteiger partial charge is 0.369 e. The quantitative estimate of drug-likeness (QED) is 0.838. The zero-order valence-corrected chi connectivity index (χ0v) is 14.1. The Kier molecular flexibility index (Phi) is 4.24. The molecule has 2 aromatic rings. The summed E-state index contributed by atoms with van der Waals surface area (Å²) in [4.78, 5) is 13.2. The average Bonchev–Trinajstić information content (AvgIpc) is 2.69. The molecule has 0 N–H and O–H groups in total. The van der Waals surface area contributed by atoms with Crippen molar-refractivity contribution in [1.29, 1.82) is 5.26 Å². The maximum Gasteiger partial charge on any atom is 0.147 e. The predicted octanol–water partition coefficient (Wildman–Crippen LogP) is 2.22. The van der Waals surface area contributed by atoms with E-state index in [-0.39, 0.29) is 5.60 Å². The van der Waals surface area contributed by atoms with Gasteiger partial charge in [-0.1, -0.05) is 6.07 Å². The molecule has 1 spiro atoms. The molecule has 2 aliphatic rings. The van der Waals surface area contributed by atoms with Crippen molar-refractivity contribution in [3.63, 3.8) is 0 Å². The normalized spacial score (nSPS) is 23.5. The maximum absolute atomic E-state index is 9.15. The van der Waals surface area contributed by atoms with Crippen LogP contribution in [0.3, 0.4) is 0 Å². The van der Waals surface area contributed by atoms with Gasteiger partial charge in [0.15, 0.2) is 0 Å². The zero-order chi connectivity index (χ0) is 17.1. The Hall–Kier alpha value is -2.65. The minimum absolute atomic E-state index is 0.198. The van der Waals surface area contributed by atoms with Crippen molar-refractivity contribution in [3.05, 3.63) is 48.4 Å². The lowest BCUT2D eigenvalue weighted by atomic mass is 9.90. The summed E-state index contributed by atoms with van der Waals surface area (Å²) in [6, 6.07) is 10.0. The van der Waals surface area contributed by atoms with E-state index in [1.807, 2.05) is 24.4 Å². The fourth-order valence-corrected chi connectivity index (χ4v) is 3.83. The summed E-state index contributed by atoms with van der Waals surface area (Å²) < 4.78 is 6.27. The first kappa shape index (κ1) is 15.9. The van der Waals surface area contributed by atoms with Gasteiger partial charge in [-0.3, -0.25) is 4.98 Å². The molecule has 0 saturated carbocycles. The number of nitrogens with zero attached hydrogens (tertiary/aromatic N) is 5. The van der Waals surface area contributed by atoms with Crippen LogP contribution in [0.4, 0.5) is 11.5 Å². The second-order valence-corrected chi connectivity index (χ2v) is 6.70. The third-order valence-electron chi connectivity index (χ3n) is 5.00. The van der Waals surface area contributed by atoms with E-state index in [1.54, 1.807) is 12.4 Å². The van der Waals surface area contributed by atoms with E-state index in [9.17, 15) is 0 Å². The molecule has 1 unspecified atom stereocenters. The van der Waals surface area contributed by atoms with Crippen molar-refractivity contribution in [1.82, 2.24) is 9.97 Å². The fraction of sp³-hybridized carbons (Fsp3) is 0.421. The van der Waals surface area contributed by atoms with Crippen molar-refractivity contribution in [2.24, 2.45) is 0 Å². The van der Waals surface area contributed by atoms with Crippen molar-refractivity contribution in [3.8, 4) is 6.07 Å². The van der Waals surface area contributed by atoms with E-state index in [1.165, 1.54) is 0 Å². The second kappa shape index (κ2) is 6.69. The van der Waals surface area contributed by atoms with E-state index in [4.69, 9.17) is 10.00 Å². The number of hydrogen-bond acceptors (Lipinski definition) is 6. The van der Waals surface area contributed by atoms with Crippen LogP contribution >= 0.6 is 0 Å². The summed E-state index contributed by atoms with van der Waals surface area (Å²) >= 11 is 0. The van der Waals surface area contributed by atoms with Crippen LogP contribution in [0.1, 0.15) is 18.4 Å². The number of benzene rings is 1. The number of morpholine rings is 1. The minimum atomic E-state index is -0.198. The number of nitriles is 1. The highest BCUT2D eigenvalue weighted by Crippen LogP contribution is 2.33. The van der Waals surface area contributed by atoms with Gasteiger partial charge < -0.3 is 14.5 Å². The molecule has 2 aliphatic heterocycles. The third kappa shape index (κ3) is 3.28. The number of aromatic nitrogens is 2. The summed E-state index contributed by atoms with van der Waals surface area (Å²) in [6.07, 6.45) is 7.36. The first-order valence-corrected chi connectivity index (χ1v) is 8.68. The van der Waals surface area contributed by atoms with Gasteiger partial charge in [0.2, 0.25) is 0 Å². The molecular weight excluding hydrogens is 314 g/mol. The van der Waals surface area contributed by atoms with Gasteiger partial charge in [0, 0.05) is 37.7 Å². The van der Waals surface area contributed by atoms with Gasteiger partial charge in [0.05, 0.1) is 31.0 Å². The van der Waals surface area contributed by atoms with Gasteiger partial charge in [0.25, 0.3) is 0 Å². The topological polar surface area (TPSA) is 65.3 Å². The smallest absolute Gasteiger partial charge is 0.147 e. The molecule has 0 bridgehead atoms. The maximum atomic E-state index is 9.15. The summed E-state index contributed by atoms with van der Waals surface area (Å²) in [6.45, 7) is 4.18. The predicted molar refractivity (Wildman–Crippen MR) is 95.5 cm³/mol. The van der Waals surface area contributed by atoms with Gasteiger partial charge in [-0.2, -0.15) is 5.26 Å². The van der Waals surface area contributed by atoms with E-state index in [0.29, 0.717) is 12.2 Å². The molecule has 2 saturated heterocycles. The molecule has 0 radical (unpaired) electrons. The Labute approximate surface area is 147 Å². The third-order valence-corrected chi connectivity index (χ3v) is 5.00. The monoisotopic (exact) mass is 335 g/mol. The Morgan fingerprint density at radius 2 is 2.08 bits per heavy atom. The highest BCUT2D eigenvalue weighted by atomic mass is 16.5. The first-order valence-electron chi connectivity index (χ1n) is 8.68. The molecule has 6 heteroatoms. The van der Waals surface area contributed by atoms with E-state index in [2.05, 4.69) is 31.9 Å². The average molecular weight is 335 g/mol. The van der Waals surface area contributed by atoms with Crippen LogP contribution in [0.15, 0.2) is 42.9 Å². The van der Waals surface area contributed by atoms with Crippen molar-refractivity contribution >= 4 is 11.5 Å². The number of rotatable bonds is 2. The highest BCUT2D eigenvalue weighted by Gasteiger charge is 2.41. The van der Waals surface area contributed by atoms with Crippen LogP contribution in [-0.2, 0) is 4.74 Å². The number of anilines is 2. The van der Waals surface area contributed by atoms with Gasteiger partial charge in [-0.05, 0) is 31.0 Å². The van der Waals surface area contributed by atoms with Crippen LogP contribution in [0.5, 0.6) is 0 Å². The summed E-state index contributed by atoms with van der Waals surface area (Å²) in [5, 5.41) is 9.15. The number of hydrogen-bond donors (Lipinski definition) is 0. The van der Waals surface area contributed by atoms with Crippen LogP contribution in [0, 0.1) is 11.3 Å². The molecule has 2 fully saturated rings. The fourth-order valence-electron chi connectivity index (χ4n) is 3.83. The second-order valence-electron chi connectivity index (χ2n) is 6.70. The molecule has 25 heavy (non-hydrogen) atoms. The highest BCUT2D eigenvalue weighted by molar-refractivity contribution is 5.52. The van der Waals surface area contributed by atoms with Crippen LogP contribution in [0.25, 0.3) is 0 Å². The zero-order valence-electron chi connectivity index (χ0n) is 14.1. The Morgan fingerprint density at radius 3 is 2.92 bits per heavy atom. The Morgan fingerprint density at radius 1 is 1.16 bits per heavy atom. The Balaban J connectivity index is 1.54.